The second-order valence-electron chi connectivity index (χ2n) is 9.71. The lowest BCUT2D eigenvalue weighted by Gasteiger charge is -2.36. The third-order valence-electron chi connectivity index (χ3n) is 7.27. The van der Waals surface area contributed by atoms with E-state index in [2.05, 4.69) is 33.7 Å². The Morgan fingerprint density at radius 2 is 1.65 bits per heavy atom. The number of urea groups is 1. The zero-order valence-corrected chi connectivity index (χ0v) is 19.5. The monoisotopic (exact) mass is 455 g/mol. The molecule has 1 atom stereocenters. The van der Waals surface area contributed by atoms with Crippen molar-refractivity contribution in [3.8, 4) is 5.75 Å². The van der Waals surface area contributed by atoms with Gasteiger partial charge in [-0.2, -0.15) is 0 Å². The minimum absolute atomic E-state index is 0.214. The predicted molar refractivity (Wildman–Crippen MR) is 138 cm³/mol. The summed E-state index contributed by atoms with van der Waals surface area (Å²) in [6, 6.07) is 23.4. The number of nitrogens with one attached hydrogen (secondary N) is 2. The number of phenols is 1. The van der Waals surface area contributed by atoms with E-state index in [0.717, 1.165) is 56.7 Å². The Bertz CT molecular complexity index is 1120. The number of piperidine rings is 1. The van der Waals surface area contributed by atoms with Crippen LogP contribution in [0, 0.1) is 5.92 Å². The van der Waals surface area contributed by atoms with Crippen LogP contribution < -0.4 is 10.6 Å². The van der Waals surface area contributed by atoms with E-state index < -0.39 is 0 Å². The molecule has 5 nitrogen and oxygen atoms in total. The zero-order chi connectivity index (χ0) is 23.3. The molecule has 3 aromatic carbocycles. The lowest BCUT2D eigenvalue weighted by molar-refractivity contribution is 0.175. The number of hydrogen-bond acceptors (Lipinski definition) is 3. The second-order valence-corrected chi connectivity index (χ2v) is 9.71. The molecule has 0 spiro atoms. The van der Waals surface area contributed by atoms with E-state index in [-0.39, 0.29) is 6.03 Å². The molecular formula is C29H33N3O2. The molecule has 3 N–H and O–H groups in total. The lowest BCUT2D eigenvalue weighted by atomic mass is 9.82. The van der Waals surface area contributed by atoms with Gasteiger partial charge in [-0.25, -0.2) is 4.79 Å². The predicted octanol–water partition coefficient (Wildman–Crippen LogP) is 6.02. The summed E-state index contributed by atoms with van der Waals surface area (Å²) in [4.78, 5) is 14.9. The minimum Gasteiger partial charge on any atom is -0.508 e. The molecule has 1 heterocycles. The molecular weight excluding hydrogens is 422 g/mol. The van der Waals surface area contributed by atoms with E-state index in [1.165, 1.54) is 23.1 Å². The Morgan fingerprint density at radius 1 is 0.853 bits per heavy atom. The first-order chi connectivity index (χ1) is 16.6. The number of amides is 2. The van der Waals surface area contributed by atoms with Crippen molar-refractivity contribution >= 4 is 17.4 Å². The number of para-hydroxylation sites is 1. The van der Waals surface area contributed by atoms with Crippen molar-refractivity contribution in [1.82, 2.24) is 4.90 Å². The van der Waals surface area contributed by atoms with Gasteiger partial charge in [-0.3, -0.25) is 0 Å². The maximum absolute atomic E-state index is 12.3. The van der Waals surface area contributed by atoms with E-state index in [1.54, 1.807) is 6.07 Å². The van der Waals surface area contributed by atoms with Gasteiger partial charge < -0.3 is 20.6 Å². The number of carbonyl (C=O) groups is 1. The molecule has 0 saturated carbocycles. The van der Waals surface area contributed by atoms with E-state index in [4.69, 9.17) is 0 Å². The van der Waals surface area contributed by atoms with Crippen molar-refractivity contribution in [3.05, 3.63) is 89.5 Å². The number of anilines is 2. The fourth-order valence-electron chi connectivity index (χ4n) is 5.47. The van der Waals surface area contributed by atoms with Crippen molar-refractivity contribution in [2.75, 3.05) is 30.3 Å². The first kappa shape index (κ1) is 22.5. The summed E-state index contributed by atoms with van der Waals surface area (Å²) in [6.45, 7) is 3.41. The smallest absolute Gasteiger partial charge is 0.323 e. The molecule has 176 valence electrons. The van der Waals surface area contributed by atoms with Gasteiger partial charge in [0, 0.05) is 17.9 Å². The SMILES string of the molecule is O=C(Nc1ccccc1)Nc1ccc2c(c1)CCC(CN1CCC(c3cccc(O)c3)CC1)C2. The highest BCUT2D eigenvalue weighted by Gasteiger charge is 2.25. The van der Waals surface area contributed by atoms with Gasteiger partial charge in [-0.1, -0.05) is 36.4 Å². The summed E-state index contributed by atoms with van der Waals surface area (Å²) < 4.78 is 0. The summed E-state index contributed by atoms with van der Waals surface area (Å²) in [7, 11) is 0. The van der Waals surface area contributed by atoms with E-state index >= 15 is 0 Å². The molecule has 34 heavy (non-hydrogen) atoms. The molecule has 1 aliphatic carbocycles. The van der Waals surface area contributed by atoms with Crippen molar-refractivity contribution in [3.63, 3.8) is 0 Å². The molecule has 2 aliphatic rings. The summed E-state index contributed by atoms with van der Waals surface area (Å²) >= 11 is 0. The standard InChI is InChI=1S/C29H33N3O2/c33-28-8-4-5-23(19-28)22-13-15-32(16-14-22)20-21-9-10-25-18-27(12-11-24(25)17-21)31-29(34)30-26-6-2-1-3-7-26/h1-8,11-12,18-19,21-22,33H,9-10,13-17,20H2,(H2,30,31,34). The van der Waals surface area contributed by atoms with Crippen LogP contribution in [0.25, 0.3) is 0 Å². The Hall–Kier alpha value is -3.31. The molecule has 1 fully saturated rings. The fourth-order valence-corrected chi connectivity index (χ4v) is 5.47. The highest BCUT2D eigenvalue weighted by molar-refractivity contribution is 5.99. The zero-order valence-electron chi connectivity index (χ0n) is 19.5. The maximum atomic E-state index is 12.3. The second kappa shape index (κ2) is 10.3. The molecule has 0 radical (unpaired) electrons. The quantitative estimate of drug-likeness (QED) is 0.441. The van der Waals surface area contributed by atoms with E-state index in [1.807, 2.05) is 48.5 Å². The number of nitrogens with zero attached hydrogens (tertiary/aromatic N) is 1. The minimum atomic E-state index is -0.214. The number of fused-ring (bicyclic) bond motifs is 1. The van der Waals surface area contributed by atoms with Gasteiger partial charge in [0.25, 0.3) is 0 Å². The number of phenolic OH excluding ortho intramolecular Hbond substituents is 1. The van der Waals surface area contributed by atoms with Gasteiger partial charge in [-0.05, 0) is 110 Å². The number of likely N-dealkylation sites (tertiary alicyclic amines) is 1. The van der Waals surface area contributed by atoms with Crippen LogP contribution in [-0.2, 0) is 12.8 Å². The van der Waals surface area contributed by atoms with Crippen LogP contribution in [0.1, 0.15) is 41.9 Å². The highest BCUT2D eigenvalue weighted by atomic mass is 16.3. The number of carbonyl (C=O) groups excluding carboxylic acids is 1. The number of aromatic hydroxyl groups is 1. The first-order valence-electron chi connectivity index (χ1n) is 12.4. The van der Waals surface area contributed by atoms with Gasteiger partial charge in [0.05, 0.1) is 0 Å². The molecule has 1 aliphatic heterocycles. The van der Waals surface area contributed by atoms with Crippen molar-refractivity contribution in [1.29, 1.82) is 0 Å². The summed E-state index contributed by atoms with van der Waals surface area (Å²) in [5.41, 5.74) is 5.68. The Kier molecular flexibility index (Phi) is 6.82. The van der Waals surface area contributed by atoms with Crippen LogP contribution in [0.15, 0.2) is 72.8 Å². The molecule has 5 rings (SSSR count). The van der Waals surface area contributed by atoms with Crippen LogP contribution in [0.3, 0.4) is 0 Å². The van der Waals surface area contributed by atoms with E-state index in [9.17, 15) is 9.90 Å². The third kappa shape index (κ3) is 5.60. The van der Waals surface area contributed by atoms with E-state index in [0.29, 0.717) is 17.6 Å². The number of benzene rings is 3. The van der Waals surface area contributed by atoms with Crippen LogP contribution in [0.2, 0.25) is 0 Å². The van der Waals surface area contributed by atoms with Gasteiger partial charge >= 0.3 is 6.03 Å². The lowest BCUT2D eigenvalue weighted by Crippen LogP contribution is -2.38. The molecule has 2 amide bonds. The molecule has 0 bridgehead atoms. The largest absolute Gasteiger partial charge is 0.508 e. The molecule has 5 heteroatoms. The van der Waals surface area contributed by atoms with Crippen LogP contribution in [0.4, 0.5) is 16.2 Å². The van der Waals surface area contributed by atoms with Crippen LogP contribution in [0.5, 0.6) is 5.75 Å². The first-order valence-corrected chi connectivity index (χ1v) is 12.4. The molecule has 0 aromatic heterocycles. The third-order valence-corrected chi connectivity index (χ3v) is 7.27. The summed E-state index contributed by atoms with van der Waals surface area (Å²) in [5.74, 6) is 1.61. The van der Waals surface area contributed by atoms with Crippen molar-refractivity contribution in [2.24, 2.45) is 5.92 Å². The topological polar surface area (TPSA) is 64.6 Å². The van der Waals surface area contributed by atoms with Crippen molar-refractivity contribution < 1.29 is 9.90 Å². The molecule has 1 unspecified atom stereocenters. The van der Waals surface area contributed by atoms with Crippen molar-refractivity contribution in [2.45, 2.75) is 38.0 Å². The van der Waals surface area contributed by atoms with Gasteiger partial charge in [0.15, 0.2) is 0 Å². The van der Waals surface area contributed by atoms with Crippen LogP contribution in [-0.4, -0.2) is 35.7 Å². The number of aryl methyl sites for hydroxylation is 1. The van der Waals surface area contributed by atoms with Gasteiger partial charge in [0.2, 0.25) is 0 Å². The Balaban J connectivity index is 1.11. The average Bonchev–Trinajstić information content (AvgIpc) is 2.85. The van der Waals surface area contributed by atoms with Crippen LogP contribution >= 0.6 is 0 Å². The number of hydrogen-bond donors (Lipinski definition) is 3. The number of rotatable bonds is 5. The summed E-state index contributed by atoms with van der Waals surface area (Å²) in [5, 5.41) is 15.6. The van der Waals surface area contributed by atoms with Gasteiger partial charge in [0.1, 0.15) is 5.75 Å². The molecule has 1 saturated heterocycles. The fraction of sp³-hybridized carbons (Fsp3) is 0.345. The summed E-state index contributed by atoms with van der Waals surface area (Å²) in [6.07, 6.45) is 5.69. The Morgan fingerprint density at radius 3 is 2.44 bits per heavy atom. The average molecular weight is 456 g/mol. The molecule has 3 aromatic rings. The normalized spacial score (nSPS) is 18.8. The maximum Gasteiger partial charge on any atom is 0.323 e. The highest BCUT2D eigenvalue weighted by Crippen LogP contribution is 2.32. The van der Waals surface area contributed by atoms with Gasteiger partial charge in [-0.15, -0.1) is 0 Å². The Labute approximate surface area is 201 Å².